The lowest BCUT2D eigenvalue weighted by Gasteiger charge is -2.13. The van der Waals surface area contributed by atoms with E-state index in [1.54, 1.807) is 49.0 Å². The van der Waals surface area contributed by atoms with E-state index in [2.05, 4.69) is 15.7 Å². The summed E-state index contributed by atoms with van der Waals surface area (Å²) in [4.78, 5) is 36.0. The molecule has 2 aromatic rings. The molecule has 8 nitrogen and oxygen atoms in total. The van der Waals surface area contributed by atoms with Gasteiger partial charge in [-0.15, -0.1) is 0 Å². The molecule has 138 valence electrons. The normalized spacial score (nSPS) is 11.5. The van der Waals surface area contributed by atoms with Crippen molar-refractivity contribution < 1.29 is 19.1 Å². The fourth-order valence-corrected chi connectivity index (χ4v) is 2.32. The van der Waals surface area contributed by atoms with Crippen molar-refractivity contribution in [3.05, 3.63) is 47.3 Å². The number of esters is 1. The standard InChI is InChI=1S/C18H22N4O4/c1-11-16(13(3)22(4)21-11)20-15(23)10-26-18(25)12(2)19-17(24)14-8-6-5-7-9-14/h5-9,12H,10H2,1-4H3,(H,19,24)(H,20,23)/t12-/m0/s1. The van der Waals surface area contributed by atoms with E-state index in [4.69, 9.17) is 4.74 Å². The van der Waals surface area contributed by atoms with Crippen LogP contribution in [0.5, 0.6) is 0 Å². The lowest BCUT2D eigenvalue weighted by molar-refractivity contribution is -0.148. The number of ether oxygens (including phenoxy) is 1. The molecule has 2 rings (SSSR count). The van der Waals surface area contributed by atoms with Gasteiger partial charge in [0.15, 0.2) is 6.61 Å². The summed E-state index contributed by atoms with van der Waals surface area (Å²) in [7, 11) is 1.77. The lowest BCUT2D eigenvalue weighted by Crippen LogP contribution is -2.40. The Hall–Kier alpha value is -3.16. The Kier molecular flexibility index (Phi) is 6.11. The van der Waals surface area contributed by atoms with Crippen molar-refractivity contribution in [3.8, 4) is 0 Å². The van der Waals surface area contributed by atoms with Crippen molar-refractivity contribution in [2.75, 3.05) is 11.9 Å². The Balaban J connectivity index is 1.83. The van der Waals surface area contributed by atoms with Gasteiger partial charge in [0.2, 0.25) is 0 Å². The molecule has 0 saturated carbocycles. The molecule has 0 radical (unpaired) electrons. The fourth-order valence-electron chi connectivity index (χ4n) is 2.32. The van der Waals surface area contributed by atoms with Crippen molar-refractivity contribution in [2.24, 2.45) is 7.05 Å². The molecule has 1 atom stereocenters. The zero-order valence-corrected chi connectivity index (χ0v) is 15.2. The Morgan fingerprint density at radius 2 is 1.85 bits per heavy atom. The van der Waals surface area contributed by atoms with E-state index in [1.165, 1.54) is 6.92 Å². The second kappa shape index (κ2) is 8.28. The van der Waals surface area contributed by atoms with Crippen molar-refractivity contribution >= 4 is 23.5 Å². The number of aromatic nitrogens is 2. The van der Waals surface area contributed by atoms with Crippen molar-refractivity contribution in [3.63, 3.8) is 0 Å². The van der Waals surface area contributed by atoms with Gasteiger partial charge in [-0.25, -0.2) is 4.79 Å². The van der Waals surface area contributed by atoms with Crippen LogP contribution in [0.15, 0.2) is 30.3 Å². The molecule has 0 bridgehead atoms. The molecule has 2 N–H and O–H groups in total. The van der Waals surface area contributed by atoms with Gasteiger partial charge < -0.3 is 15.4 Å². The molecule has 1 aromatic carbocycles. The molecule has 1 aromatic heterocycles. The van der Waals surface area contributed by atoms with Crippen LogP contribution in [0.25, 0.3) is 0 Å². The quantitative estimate of drug-likeness (QED) is 0.759. The summed E-state index contributed by atoms with van der Waals surface area (Å²) in [6.45, 7) is 4.65. The zero-order valence-electron chi connectivity index (χ0n) is 15.2. The van der Waals surface area contributed by atoms with E-state index in [9.17, 15) is 14.4 Å². The number of rotatable bonds is 6. The van der Waals surface area contributed by atoms with Gasteiger partial charge >= 0.3 is 5.97 Å². The van der Waals surface area contributed by atoms with E-state index >= 15 is 0 Å². The van der Waals surface area contributed by atoms with Gasteiger partial charge in [-0.3, -0.25) is 14.3 Å². The number of nitrogens with zero attached hydrogens (tertiary/aromatic N) is 2. The minimum absolute atomic E-state index is 0.388. The maximum absolute atomic E-state index is 12.0. The molecule has 0 saturated heterocycles. The maximum atomic E-state index is 12.0. The predicted octanol–water partition coefficient (Wildman–Crippen LogP) is 1.34. The van der Waals surface area contributed by atoms with Gasteiger partial charge in [0.1, 0.15) is 6.04 Å². The van der Waals surface area contributed by atoms with E-state index in [-0.39, 0.29) is 5.91 Å². The molecule has 0 unspecified atom stereocenters. The lowest BCUT2D eigenvalue weighted by atomic mass is 10.2. The zero-order chi connectivity index (χ0) is 19.3. The number of anilines is 1. The summed E-state index contributed by atoms with van der Waals surface area (Å²) in [5, 5.41) is 9.40. The van der Waals surface area contributed by atoms with Crippen LogP contribution < -0.4 is 10.6 Å². The molecule has 2 amide bonds. The van der Waals surface area contributed by atoms with Gasteiger partial charge in [0, 0.05) is 12.6 Å². The highest BCUT2D eigenvalue weighted by Crippen LogP contribution is 2.17. The predicted molar refractivity (Wildman–Crippen MR) is 95.6 cm³/mol. The Morgan fingerprint density at radius 1 is 1.19 bits per heavy atom. The van der Waals surface area contributed by atoms with Crippen molar-refractivity contribution in [1.82, 2.24) is 15.1 Å². The van der Waals surface area contributed by atoms with Crippen LogP contribution in [0, 0.1) is 13.8 Å². The number of benzene rings is 1. The first-order valence-electron chi connectivity index (χ1n) is 8.12. The summed E-state index contributed by atoms with van der Waals surface area (Å²) >= 11 is 0. The topological polar surface area (TPSA) is 102 Å². The Labute approximate surface area is 151 Å². The average Bonchev–Trinajstić information content (AvgIpc) is 2.86. The summed E-state index contributed by atoms with van der Waals surface area (Å²) in [6.07, 6.45) is 0. The van der Waals surface area contributed by atoms with Crippen LogP contribution in [0.4, 0.5) is 5.69 Å². The molecule has 0 aliphatic heterocycles. The van der Waals surface area contributed by atoms with Gasteiger partial charge in [-0.05, 0) is 32.9 Å². The van der Waals surface area contributed by atoms with Crippen molar-refractivity contribution in [1.29, 1.82) is 0 Å². The van der Waals surface area contributed by atoms with Crippen LogP contribution in [0.3, 0.4) is 0 Å². The molecule has 8 heteroatoms. The number of hydrogen-bond acceptors (Lipinski definition) is 5. The molecule has 26 heavy (non-hydrogen) atoms. The average molecular weight is 358 g/mol. The second-order valence-electron chi connectivity index (χ2n) is 5.89. The molecule has 0 spiro atoms. The summed E-state index contributed by atoms with van der Waals surface area (Å²) < 4.78 is 6.62. The minimum atomic E-state index is -0.877. The Bertz CT molecular complexity index is 814. The molecule has 0 aliphatic rings. The first kappa shape index (κ1) is 19.2. The van der Waals surface area contributed by atoms with E-state index in [0.717, 1.165) is 5.69 Å². The third-order valence-corrected chi connectivity index (χ3v) is 3.86. The maximum Gasteiger partial charge on any atom is 0.328 e. The van der Waals surface area contributed by atoms with Gasteiger partial charge in [0.05, 0.1) is 17.1 Å². The Morgan fingerprint density at radius 3 is 2.42 bits per heavy atom. The highest BCUT2D eigenvalue weighted by molar-refractivity contribution is 5.97. The van der Waals surface area contributed by atoms with Crippen LogP contribution in [-0.2, 0) is 21.4 Å². The first-order valence-corrected chi connectivity index (χ1v) is 8.12. The number of carbonyl (C=O) groups is 3. The molecule has 0 fully saturated rings. The molecular formula is C18H22N4O4. The van der Waals surface area contributed by atoms with Crippen LogP contribution in [0.2, 0.25) is 0 Å². The van der Waals surface area contributed by atoms with Crippen LogP contribution >= 0.6 is 0 Å². The highest BCUT2D eigenvalue weighted by atomic mass is 16.5. The van der Waals surface area contributed by atoms with E-state index < -0.39 is 24.5 Å². The number of carbonyl (C=O) groups excluding carboxylic acids is 3. The van der Waals surface area contributed by atoms with Crippen LogP contribution in [0.1, 0.15) is 28.7 Å². The molecule has 0 aliphatic carbocycles. The molecule has 1 heterocycles. The SMILES string of the molecule is Cc1nn(C)c(C)c1NC(=O)COC(=O)[C@H](C)NC(=O)c1ccccc1. The smallest absolute Gasteiger partial charge is 0.328 e. The molecular weight excluding hydrogens is 336 g/mol. The van der Waals surface area contributed by atoms with E-state index in [1.807, 2.05) is 6.92 Å². The van der Waals surface area contributed by atoms with Gasteiger partial charge in [-0.1, -0.05) is 18.2 Å². The monoisotopic (exact) mass is 358 g/mol. The summed E-state index contributed by atoms with van der Waals surface area (Å²) in [5.41, 5.74) is 2.50. The highest BCUT2D eigenvalue weighted by Gasteiger charge is 2.20. The summed E-state index contributed by atoms with van der Waals surface area (Å²) in [5.74, 6) is -1.55. The van der Waals surface area contributed by atoms with Gasteiger partial charge in [0.25, 0.3) is 11.8 Å². The first-order chi connectivity index (χ1) is 12.3. The fraction of sp³-hybridized carbons (Fsp3) is 0.333. The number of amides is 2. The van der Waals surface area contributed by atoms with Crippen LogP contribution in [-0.4, -0.2) is 40.2 Å². The second-order valence-corrected chi connectivity index (χ2v) is 5.89. The number of nitrogens with one attached hydrogen (secondary N) is 2. The number of hydrogen-bond donors (Lipinski definition) is 2. The third kappa shape index (κ3) is 4.69. The largest absolute Gasteiger partial charge is 0.454 e. The van der Waals surface area contributed by atoms with Gasteiger partial charge in [-0.2, -0.15) is 5.10 Å². The number of aryl methyl sites for hydroxylation is 2. The minimum Gasteiger partial charge on any atom is -0.454 e. The van der Waals surface area contributed by atoms with Crippen molar-refractivity contribution in [2.45, 2.75) is 26.8 Å². The summed E-state index contributed by atoms with van der Waals surface area (Å²) in [6, 6.07) is 7.64. The third-order valence-electron chi connectivity index (χ3n) is 3.86. The van der Waals surface area contributed by atoms with E-state index in [0.29, 0.717) is 16.9 Å².